The van der Waals surface area contributed by atoms with Crippen LogP contribution in [0.5, 0.6) is 0 Å². The summed E-state index contributed by atoms with van der Waals surface area (Å²) < 4.78 is 92.7. The Balaban J connectivity index is 0.00000361. The lowest BCUT2D eigenvalue weighted by Gasteiger charge is -2.39. The van der Waals surface area contributed by atoms with Crippen molar-refractivity contribution in [3.8, 4) is 0 Å². The van der Waals surface area contributed by atoms with Crippen molar-refractivity contribution < 1.29 is 35.8 Å². The predicted molar refractivity (Wildman–Crippen MR) is 126 cm³/mol. The molecule has 1 saturated heterocycles. The van der Waals surface area contributed by atoms with E-state index < -0.39 is 35.0 Å². The second-order valence-corrected chi connectivity index (χ2v) is 9.52. The van der Waals surface area contributed by atoms with Crippen molar-refractivity contribution in [1.29, 1.82) is 0 Å². The van der Waals surface area contributed by atoms with Gasteiger partial charge in [0.25, 0.3) is 0 Å². The van der Waals surface area contributed by atoms with Crippen LogP contribution in [0.15, 0.2) is 48.5 Å². The van der Waals surface area contributed by atoms with Crippen molar-refractivity contribution in [2.24, 2.45) is 5.92 Å². The summed E-state index contributed by atoms with van der Waals surface area (Å²) in [6, 6.07) is 11.3. The van der Waals surface area contributed by atoms with E-state index in [1.807, 2.05) is 30.3 Å². The van der Waals surface area contributed by atoms with Gasteiger partial charge in [0.15, 0.2) is 0 Å². The van der Waals surface area contributed by atoms with Gasteiger partial charge >= 0.3 is 12.4 Å². The lowest BCUT2D eigenvalue weighted by molar-refractivity contribution is -0.143. The topological polar surface area (TPSA) is 30.5 Å². The highest BCUT2D eigenvalue weighted by molar-refractivity contribution is 5.85. The molecule has 200 valence electrons. The highest BCUT2D eigenvalue weighted by Crippen LogP contribution is 2.40. The molecule has 0 radical (unpaired) electrons. The highest BCUT2D eigenvalue weighted by atomic mass is 35.5. The van der Waals surface area contributed by atoms with Crippen LogP contribution in [-0.2, 0) is 27.2 Å². The number of ether oxygens (including phenoxy) is 2. The summed E-state index contributed by atoms with van der Waals surface area (Å²) in [5, 5.41) is 3.30. The van der Waals surface area contributed by atoms with Gasteiger partial charge in [-0.05, 0) is 74.0 Å². The molecule has 1 unspecified atom stereocenters. The van der Waals surface area contributed by atoms with Gasteiger partial charge in [0.2, 0.25) is 0 Å². The van der Waals surface area contributed by atoms with Gasteiger partial charge in [-0.1, -0.05) is 30.3 Å². The summed E-state index contributed by atoms with van der Waals surface area (Å²) >= 11 is 0. The molecule has 0 spiro atoms. The molecule has 1 heterocycles. The molecular formula is C26H30ClF6NO2. The second-order valence-electron chi connectivity index (χ2n) is 9.52. The van der Waals surface area contributed by atoms with E-state index in [4.69, 9.17) is 9.47 Å². The smallest absolute Gasteiger partial charge is 0.378 e. The molecule has 0 bridgehead atoms. The van der Waals surface area contributed by atoms with Crippen molar-refractivity contribution in [2.45, 2.75) is 49.6 Å². The zero-order chi connectivity index (χ0) is 25.1. The Hall–Kier alpha value is -1.81. The molecule has 2 aromatic carbocycles. The third kappa shape index (κ3) is 7.37. The number of hydrogen-bond donors (Lipinski definition) is 1. The van der Waals surface area contributed by atoms with Gasteiger partial charge in [-0.2, -0.15) is 26.3 Å². The van der Waals surface area contributed by atoms with Crippen LogP contribution in [0.3, 0.4) is 0 Å². The van der Waals surface area contributed by atoms with Crippen LogP contribution in [0.2, 0.25) is 0 Å². The Bertz CT molecular complexity index is 940. The summed E-state index contributed by atoms with van der Waals surface area (Å²) in [6.07, 6.45) is -7.40. The first-order valence-corrected chi connectivity index (χ1v) is 11.8. The third-order valence-electron chi connectivity index (χ3n) is 6.81. The molecule has 2 aliphatic rings. The normalized spacial score (nSPS) is 18.9. The van der Waals surface area contributed by atoms with Gasteiger partial charge in [0.1, 0.15) is 6.10 Å². The summed E-state index contributed by atoms with van der Waals surface area (Å²) in [6.45, 7) is 1.94. The molecule has 0 amide bonds. The third-order valence-corrected chi connectivity index (χ3v) is 6.81. The number of piperidine rings is 1. The number of benzene rings is 2. The van der Waals surface area contributed by atoms with Crippen LogP contribution in [0.25, 0.3) is 0 Å². The largest absolute Gasteiger partial charge is 0.416 e. The fourth-order valence-corrected chi connectivity index (χ4v) is 4.51. The fraction of sp³-hybridized carbons (Fsp3) is 0.538. The molecule has 1 N–H and O–H groups in total. The van der Waals surface area contributed by atoms with E-state index in [1.54, 1.807) is 0 Å². The minimum Gasteiger partial charge on any atom is -0.378 e. The van der Waals surface area contributed by atoms with E-state index in [-0.39, 0.29) is 37.3 Å². The molecule has 1 aliphatic heterocycles. The predicted octanol–water partition coefficient (Wildman–Crippen LogP) is 6.95. The van der Waals surface area contributed by atoms with Gasteiger partial charge in [-0.25, -0.2) is 0 Å². The van der Waals surface area contributed by atoms with Crippen molar-refractivity contribution >= 4 is 12.4 Å². The maximum absolute atomic E-state index is 13.5. The van der Waals surface area contributed by atoms with Crippen molar-refractivity contribution in [2.75, 3.05) is 32.9 Å². The number of alkyl halides is 6. The van der Waals surface area contributed by atoms with Crippen LogP contribution >= 0.6 is 12.4 Å². The minimum absolute atomic E-state index is 0. The standard InChI is InChI=1S/C26H29F6NO2.ClH/c27-25(28,29)21-12-19(13-22(14-21)26(30,31)32)23(16-34-15-18-6-7-18)35-17-24(8-10-33-11-9-24)20-4-2-1-3-5-20;/h1-5,12-14,18,23,33H,6-11,15-17H2;1H. The summed E-state index contributed by atoms with van der Waals surface area (Å²) in [7, 11) is 0. The van der Waals surface area contributed by atoms with E-state index >= 15 is 0 Å². The van der Waals surface area contributed by atoms with E-state index in [9.17, 15) is 26.3 Å². The molecule has 10 heteroatoms. The van der Waals surface area contributed by atoms with E-state index in [2.05, 4.69) is 5.32 Å². The molecule has 1 atom stereocenters. The van der Waals surface area contributed by atoms with Gasteiger partial charge in [-0.15, -0.1) is 12.4 Å². The highest BCUT2D eigenvalue weighted by Gasteiger charge is 2.39. The van der Waals surface area contributed by atoms with E-state index in [0.29, 0.717) is 12.5 Å². The van der Waals surface area contributed by atoms with E-state index in [1.165, 1.54) is 0 Å². The Morgan fingerprint density at radius 1 is 0.889 bits per heavy atom. The second kappa shape index (κ2) is 11.7. The SMILES string of the molecule is Cl.FC(F)(F)c1cc(C(COCC2CC2)OCC2(c3ccccc3)CCNCC2)cc(C(F)(F)F)c1. The van der Waals surface area contributed by atoms with Gasteiger partial charge in [-0.3, -0.25) is 0 Å². The minimum atomic E-state index is -4.92. The molecule has 2 fully saturated rings. The van der Waals surface area contributed by atoms with Gasteiger partial charge < -0.3 is 14.8 Å². The molecule has 3 nitrogen and oxygen atoms in total. The molecule has 1 saturated carbocycles. The number of nitrogens with one attached hydrogen (secondary N) is 1. The quantitative estimate of drug-likeness (QED) is 0.351. The van der Waals surface area contributed by atoms with E-state index in [0.717, 1.165) is 56.5 Å². The van der Waals surface area contributed by atoms with Crippen LogP contribution in [0.4, 0.5) is 26.3 Å². The van der Waals surface area contributed by atoms with Crippen LogP contribution in [-0.4, -0.2) is 32.9 Å². The Labute approximate surface area is 213 Å². The molecule has 0 aromatic heterocycles. The van der Waals surface area contributed by atoms with Crippen LogP contribution < -0.4 is 5.32 Å². The van der Waals surface area contributed by atoms with Crippen LogP contribution in [0, 0.1) is 5.92 Å². The van der Waals surface area contributed by atoms with Gasteiger partial charge in [0.05, 0.1) is 24.3 Å². The Morgan fingerprint density at radius 3 is 2.00 bits per heavy atom. The molecular weight excluding hydrogens is 508 g/mol. The lowest BCUT2D eigenvalue weighted by Crippen LogP contribution is -2.43. The first-order chi connectivity index (χ1) is 16.6. The average Bonchev–Trinajstić information content (AvgIpc) is 3.65. The monoisotopic (exact) mass is 537 g/mol. The zero-order valence-corrected chi connectivity index (χ0v) is 20.4. The van der Waals surface area contributed by atoms with Crippen molar-refractivity contribution in [1.82, 2.24) is 5.32 Å². The summed E-state index contributed by atoms with van der Waals surface area (Å²) in [5.74, 6) is 0.392. The summed E-state index contributed by atoms with van der Waals surface area (Å²) in [4.78, 5) is 0. The molecule has 2 aromatic rings. The first kappa shape index (κ1) is 28.8. The molecule has 1 aliphatic carbocycles. The Morgan fingerprint density at radius 2 is 1.47 bits per heavy atom. The van der Waals surface area contributed by atoms with Crippen molar-refractivity contribution in [3.63, 3.8) is 0 Å². The Kier molecular flexibility index (Phi) is 9.36. The van der Waals surface area contributed by atoms with Gasteiger partial charge in [0, 0.05) is 12.0 Å². The van der Waals surface area contributed by atoms with Crippen molar-refractivity contribution in [3.05, 3.63) is 70.8 Å². The average molecular weight is 538 g/mol. The maximum Gasteiger partial charge on any atom is 0.416 e. The number of hydrogen-bond acceptors (Lipinski definition) is 3. The first-order valence-electron chi connectivity index (χ1n) is 11.8. The fourth-order valence-electron chi connectivity index (χ4n) is 4.51. The lowest BCUT2D eigenvalue weighted by atomic mass is 9.74. The molecule has 4 rings (SSSR count). The maximum atomic E-state index is 13.5. The van der Waals surface area contributed by atoms with Crippen LogP contribution in [0.1, 0.15) is 54.0 Å². The number of halogens is 7. The molecule has 36 heavy (non-hydrogen) atoms. The summed E-state index contributed by atoms with van der Waals surface area (Å²) in [5.41, 5.74) is -2.23. The zero-order valence-electron chi connectivity index (χ0n) is 19.6. The number of rotatable bonds is 9.